The molecule has 0 aliphatic heterocycles. The van der Waals surface area contributed by atoms with Crippen molar-refractivity contribution in [3.05, 3.63) is 86.9 Å². The molecule has 0 fully saturated rings. The summed E-state index contributed by atoms with van der Waals surface area (Å²) < 4.78 is 54.1. The van der Waals surface area contributed by atoms with Gasteiger partial charge in [-0.3, -0.25) is 4.79 Å². The van der Waals surface area contributed by atoms with Crippen molar-refractivity contribution in [3.63, 3.8) is 0 Å². The van der Waals surface area contributed by atoms with E-state index in [0.717, 1.165) is 8.61 Å². The normalized spacial score (nSPS) is 12.2. The molecule has 0 saturated heterocycles. The van der Waals surface area contributed by atoms with Crippen LogP contribution in [0.2, 0.25) is 15.1 Å². The second kappa shape index (κ2) is 11.7. The zero-order valence-electron chi connectivity index (χ0n) is 20.1. The Morgan fingerprint density at radius 3 is 1.97 bits per heavy atom. The first-order valence-electron chi connectivity index (χ1n) is 10.7. The molecule has 0 radical (unpaired) electrons. The van der Waals surface area contributed by atoms with Gasteiger partial charge in [0.15, 0.2) is 0 Å². The molecule has 0 atom stereocenters. The minimum Gasteiger partial charge on any atom is -0.325 e. The number of anilines is 1. The maximum atomic E-state index is 13.5. The summed E-state index contributed by atoms with van der Waals surface area (Å²) in [7, 11) is -5.16. The van der Waals surface area contributed by atoms with Gasteiger partial charge in [-0.2, -0.15) is 4.31 Å². The Labute approximate surface area is 231 Å². The van der Waals surface area contributed by atoms with Crippen LogP contribution in [-0.4, -0.2) is 52.0 Å². The number of halogens is 3. The fourth-order valence-electron chi connectivity index (χ4n) is 3.30. The molecule has 0 aliphatic carbocycles. The highest BCUT2D eigenvalue weighted by Crippen LogP contribution is 2.29. The van der Waals surface area contributed by atoms with Crippen molar-refractivity contribution in [3.8, 4) is 0 Å². The van der Waals surface area contributed by atoms with Crippen LogP contribution in [0.1, 0.15) is 11.1 Å². The monoisotopic (exact) mass is 603 g/mol. The summed E-state index contributed by atoms with van der Waals surface area (Å²) in [6.07, 6.45) is 0. The van der Waals surface area contributed by atoms with Crippen molar-refractivity contribution in [2.24, 2.45) is 0 Å². The van der Waals surface area contributed by atoms with Crippen LogP contribution in [0, 0.1) is 6.92 Å². The van der Waals surface area contributed by atoms with Crippen LogP contribution in [0.15, 0.2) is 70.5 Å². The Hall–Kier alpha value is -2.18. The first-order valence-corrected chi connectivity index (χ1v) is 14.8. The number of amides is 1. The molecule has 3 rings (SSSR count). The number of carbonyl (C=O) groups is 1. The summed E-state index contributed by atoms with van der Waals surface area (Å²) in [4.78, 5) is 13.0. The lowest BCUT2D eigenvalue weighted by Crippen LogP contribution is -2.37. The standard InChI is InChI=1S/C24H24Cl3N3O5S2/c1-16-7-10-19(36(32,33)29(2)3)13-23(16)28-24(31)15-30(14-20-21(26)5-4-6-22(20)27)37(34,35)18-11-8-17(25)9-12-18/h4-13H,14-15H2,1-3H3,(H,28,31). The molecule has 0 heterocycles. The van der Waals surface area contributed by atoms with E-state index in [0.29, 0.717) is 16.1 Å². The molecule has 0 saturated carbocycles. The van der Waals surface area contributed by atoms with Crippen LogP contribution in [0.5, 0.6) is 0 Å². The third kappa shape index (κ3) is 6.83. The number of nitrogens with zero attached hydrogens (tertiary/aromatic N) is 2. The second-order valence-corrected chi connectivity index (χ2v) is 13.6. The van der Waals surface area contributed by atoms with Gasteiger partial charge in [0.05, 0.1) is 16.3 Å². The van der Waals surface area contributed by atoms with Crippen molar-refractivity contribution >= 4 is 66.4 Å². The minimum absolute atomic E-state index is 0.0214. The van der Waals surface area contributed by atoms with Gasteiger partial charge in [-0.05, 0) is 61.0 Å². The molecule has 1 N–H and O–H groups in total. The Balaban J connectivity index is 1.97. The lowest BCUT2D eigenvalue weighted by Gasteiger charge is -2.23. The van der Waals surface area contributed by atoms with E-state index >= 15 is 0 Å². The van der Waals surface area contributed by atoms with E-state index in [1.165, 1.54) is 50.5 Å². The van der Waals surface area contributed by atoms with Gasteiger partial charge in [-0.15, -0.1) is 0 Å². The lowest BCUT2D eigenvalue weighted by molar-refractivity contribution is -0.116. The van der Waals surface area contributed by atoms with Gasteiger partial charge in [0.1, 0.15) is 0 Å². The van der Waals surface area contributed by atoms with Gasteiger partial charge in [-0.1, -0.05) is 46.9 Å². The Bertz CT molecular complexity index is 1510. The van der Waals surface area contributed by atoms with Gasteiger partial charge >= 0.3 is 0 Å². The van der Waals surface area contributed by atoms with Gasteiger partial charge < -0.3 is 5.32 Å². The molecule has 0 aliphatic rings. The summed E-state index contributed by atoms with van der Waals surface area (Å²) in [5, 5.41) is 3.45. The number of hydrogen-bond donors (Lipinski definition) is 1. The molecular weight excluding hydrogens is 581 g/mol. The molecule has 13 heteroatoms. The van der Waals surface area contributed by atoms with Gasteiger partial charge in [0.25, 0.3) is 0 Å². The maximum absolute atomic E-state index is 13.5. The summed E-state index contributed by atoms with van der Waals surface area (Å²) in [6.45, 7) is 0.801. The molecule has 37 heavy (non-hydrogen) atoms. The molecule has 3 aromatic rings. The van der Waals surface area contributed by atoms with E-state index in [2.05, 4.69) is 5.32 Å². The number of sulfonamides is 2. The molecule has 0 bridgehead atoms. The van der Waals surface area contributed by atoms with Crippen LogP contribution < -0.4 is 5.32 Å². The molecule has 8 nitrogen and oxygen atoms in total. The first-order chi connectivity index (χ1) is 17.2. The largest absolute Gasteiger partial charge is 0.325 e. The number of rotatable bonds is 9. The van der Waals surface area contributed by atoms with Gasteiger partial charge in [-0.25, -0.2) is 21.1 Å². The molecule has 3 aromatic carbocycles. The summed E-state index contributed by atoms with van der Waals surface area (Å²) in [5.41, 5.74) is 1.14. The second-order valence-electron chi connectivity index (χ2n) is 8.24. The highest BCUT2D eigenvalue weighted by atomic mass is 35.5. The van der Waals surface area contributed by atoms with Crippen LogP contribution in [-0.2, 0) is 31.4 Å². The van der Waals surface area contributed by atoms with E-state index in [1.54, 1.807) is 31.2 Å². The minimum atomic E-state index is -4.20. The molecule has 0 unspecified atom stereocenters. The predicted octanol–water partition coefficient (Wildman–Crippen LogP) is 5.04. The zero-order valence-corrected chi connectivity index (χ0v) is 24.0. The van der Waals surface area contributed by atoms with Gasteiger partial charge in [0.2, 0.25) is 26.0 Å². The van der Waals surface area contributed by atoms with E-state index in [4.69, 9.17) is 34.8 Å². The van der Waals surface area contributed by atoms with Crippen LogP contribution in [0.25, 0.3) is 0 Å². The topological polar surface area (TPSA) is 104 Å². The van der Waals surface area contributed by atoms with Crippen molar-refractivity contribution < 1.29 is 21.6 Å². The van der Waals surface area contributed by atoms with Gasteiger partial charge in [0, 0.05) is 47.0 Å². The average molecular weight is 605 g/mol. The average Bonchev–Trinajstić information content (AvgIpc) is 2.82. The quantitative estimate of drug-likeness (QED) is 0.369. The van der Waals surface area contributed by atoms with Crippen LogP contribution in [0.3, 0.4) is 0 Å². The van der Waals surface area contributed by atoms with Crippen molar-refractivity contribution in [2.75, 3.05) is 26.0 Å². The van der Waals surface area contributed by atoms with Crippen molar-refractivity contribution in [2.45, 2.75) is 23.3 Å². The van der Waals surface area contributed by atoms with E-state index in [1.807, 2.05) is 0 Å². The summed E-state index contributed by atoms with van der Waals surface area (Å²) >= 11 is 18.5. The van der Waals surface area contributed by atoms with E-state index < -0.39 is 32.5 Å². The molecule has 1 amide bonds. The Kier molecular flexibility index (Phi) is 9.28. The lowest BCUT2D eigenvalue weighted by atomic mass is 10.2. The number of nitrogens with one attached hydrogen (secondary N) is 1. The molecule has 198 valence electrons. The molecule has 0 aromatic heterocycles. The zero-order chi connectivity index (χ0) is 27.5. The van der Waals surface area contributed by atoms with Crippen molar-refractivity contribution in [1.82, 2.24) is 8.61 Å². The fourth-order valence-corrected chi connectivity index (χ4v) is 6.23. The third-order valence-electron chi connectivity index (χ3n) is 5.43. The van der Waals surface area contributed by atoms with Crippen LogP contribution in [0.4, 0.5) is 5.69 Å². The summed E-state index contributed by atoms with van der Waals surface area (Å²) in [5.74, 6) is -0.691. The van der Waals surface area contributed by atoms with E-state index in [-0.39, 0.29) is 32.1 Å². The summed E-state index contributed by atoms with van der Waals surface area (Å²) in [6, 6.07) is 14.6. The van der Waals surface area contributed by atoms with E-state index in [9.17, 15) is 21.6 Å². The highest BCUT2D eigenvalue weighted by Gasteiger charge is 2.29. The number of benzene rings is 3. The molecule has 0 spiro atoms. The third-order valence-corrected chi connectivity index (χ3v) is 10.0. The smallest absolute Gasteiger partial charge is 0.243 e. The first kappa shape index (κ1) is 29.4. The number of aryl methyl sites for hydroxylation is 1. The highest BCUT2D eigenvalue weighted by molar-refractivity contribution is 7.89. The Morgan fingerprint density at radius 2 is 1.41 bits per heavy atom. The Morgan fingerprint density at radius 1 is 0.838 bits per heavy atom. The molecular formula is C24H24Cl3N3O5S2. The number of hydrogen-bond acceptors (Lipinski definition) is 5. The SMILES string of the molecule is Cc1ccc(S(=O)(=O)N(C)C)cc1NC(=O)CN(Cc1c(Cl)cccc1Cl)S(=O)(=O)c1ccc(Cl)cc1. The maximum Gasteiger partial charge on any atom is 0.243 e. The van der Waals surface area contributed by atoms with Crippen LogP contribution >= 0.6 is 34.8 Å². The van der Waals surface area contributed by atoms with Crippen molar-refractivity contribution in [1.29, 1.82) is 0 Å². The number of carbonyl (C=O) groups excluding carboxylic acids is 1. The predicted molar refractivity (Wildman–Crippen MR) is 146 cm³/mol. The fraction of sp³-hybridized carbons (Fsp3) is 0.208.